The molecule has 3 N–H and O–H groups in total. The number of nitrogens with one attached hydrogen (secondary N) is 1. The number of urea groups is 1. The average Bonchev–Trinajstić information content (AvgIpc) is 2.46. The number of esters is 1. The maximum Gasteiger partial charge on any atom is 0.332 e. The highest BCUT2D eigenvalue weighted by atomic mass is 16.5. The second-order valence-electron chi connectivity index (χ2n) is 4.38. The number of piperazine rings is 1. The van der Waals surface area contributed by atoms with Gasteiger partial charge in [-0.2, -0.15) is 0 Å². The lowest BCUT2D eigenvalue weighted by atomic mass is 10.2. The number of ether oxygens (including phenoxy) is 1. The molecule has 114 valence electrons. The average molecular weight is 286 g/mol. The van der Waals surface area contributed by atoms with Crippen LogP contribution in [0.4, 0.5) is 4.79 Å². The number of carbonyl (C=O) groups is 3. The molecule has 1 heterocycles. The van der Waals surface area contributed by atoms with Crippen molar-refractivity contribution in [2.45, 2.75) is 19.9 Å². The van der Waals surface area contributed by atoms with Gasteiger partial charge in [-0.3, -0.25) is 4.79 Å². The summed E-state index contributed by atoms with van der Waals surface area (Å²) in [5.74, 6) is -1.18. The molecule has 1 rings (SSSR count). The van der Waals surface area contributed by atoms with Crippen LogP contribution in [0.3, 0.4) is 0 Å². The summed E-state index contributed by atoms with van der Waals surface area (Å²) in [5, 5.41) is 2.70. The van der Waals surface area contributed by atoms with Gasteiger partial charge in [-0.25, -0.2) is 9.59 Å². The molecule has 0 saturated carbocycles. The third-order valence-corrected chi connectivity index (χ3v) is 3.01. The van der Waals surface area contributed by atoms with E-state index in [2.05, 4.69) is 5.32 Å². The maximum absolute atomic E-state index is 12.0. The number of carbonyl (C=O) groups excluding carboxylic acids is 3. The van der Waals surface area contributed by atoms with Crippen molar-refractivity contribution >= 4 is 17.9 Å². The van der Waals surface area contributed by atoms with Gasteiger partial charge in [0, 0.05) is 32.7 Å². The zero-order valence-electron chi connectivity index (χ0n) is 11.9. The Morgan fingerprint density at radius 3 is 2.20 bits per heavy atom. The predicted molar refractivity (Wildman–Crippen MR) is 71.8 cm³/mol. The van der Waals surface area contributed by atoms with Crippen LogP contribution in [0.25, 0.3) is 0 Å². The fourth-order valence-corrected chi connectivity index (χ4v) is 1.92. The van der Waals surface area contributed by atoms with Gasteiger partial charge in [0.1, 0.15) is 0 Å². The summed E-state index contributed by atoms with van der Waals surface area (Å²) in [6, 6.07) is -1.43. The molecule has 1 unspecified atom stereocenters. The highest BCUT2D eigenvalue weighted by Crippen LogP contribution is 2.04. The third-order valence-electron chi connectivity index (χ3n) is 3.01. The lowest BCUT2D eigenvalue weighted by Gasteiger charge is -2.35. The monoisotopic (exact) mass is 286 g/mol. The van der Waals surface area contributed by atoms with Crippen LogP contribution in [-0.2, 0) is 14.3 Å². The van der Waals surface area contributed by atoms with E-state index in [9.17, 15) is 14.4 Å². The Kier molecular flexibility index (Phi) is 6.23. The van der Waals surface area contributed by atoms with E-state index in [1.807, 2.05) is 6.92 Å². The van der Waals surface area contributed by atoms with Crippen molar-refractivity contribution in [1.29, 1.82) is 0 Å². The lowest BCUT2D eigenvalue weighted by molar-refractivity contribution is -0.151. The van der Waals surface area contributed by atoms with Crippen molar-refractivity contribution in [3.63, 3.8) is 0 Å². The molecular formula is C12H22N4O4. The smallest absolute Gasteiger partial charge is 0.332 e. The van der Waals surface area contributed by atoms with Crippen molar-refractivity contribution in [1.82, 2.24) is 15.1 Å². The number of nitrogens with two attached hydrogens (primary N) is 1. The highest BCUT2D eigenvalue weighted by Gasteiger charge is 2.31. The second-order valence-corrected chi connectivity index (χ2v) is 4.38. The fraction of sp³-hybridized carbons (Fsp3) is 0.750. The summed E-state index contributed by atoms with van der Waals surface area (Å²) in [6.45, 7) is 5.82. The van der Waals surface area contributed by atoms with Gasteiger partial charge in [0.2, 0.25) is 0 Å². The first-order chi connectivity index (χ1) is 9.51. The Morgan fingerprint density at radius 2 is 1.70 bits per heavy atom. The molecule has 1 fully saturated rings. The standard InChI is InChI=1S/C12H22N4O4/c1-3-14-12(19)16-7-5-15(6-8-16)10(17)9(13)11(18)20-4-2/h9H,3-8,13H2,1-2H3,(H,14,19). The van der Waals surface area contributed by atoms with Gasteiger partial charge < -0.3 is 25.6 Å². The maximum atomic E-state index is 12.0. The Bertz CT molecular complexity index is 366. The number of hydrogen-bond donors (Lipinski definition) is 2. The molecule has 3 amide bonds. The zero-order valence-corrected chi connectivity index (χ0v) is 11.9. The minimum absolute atomic E-state index is 0.144. The fourth-order valence-electron chi connectivity index (χ4n) is 1.92. The predicted octanol–water partition coefficient (Wildman–Crippen LogP) is -1.25. The molecule has 0 aliphatic carbocycles. The van der Waals surface area contributed by atoms with Gasteiger partial charge in [0.15, 0.2) is 6.04 Å². The first-order valence-electron chi connectivity index (χ1n) is 6.75. The van der Waals surface area contributed by atoms with E-state index < -0.39 is 17.9 Å². The zero-order chi connectivity index (χ0) is 15.1. The van der Waals surface area contributed by atoms with Crippen molar-refractivity contribution in [2.75, 3.05) is 39.3 Å². The molecule has 8 heteroatoms. The van der Waals surface area contributed by atoms with Gasteiger partial charge in [0.25, 0.3) is 5.91 Å². The van der Waals surface area contributed by atoms with Crippen LogP contribution in [0.5, 0.6) is 0 Å². The van der Waals surface area contributed by atoms with E-state index in [-0.39, 0.29) is 12.6 Å². The molecular weight excluding hydrogens is 264 g/mol. The van der Waals surface area contributed by atoms with Crippen LogP contribution >= 0.6 is 0 Å². The van der Waals surface area contributed by atoms with Crippen LogP contribution in [0.2, 0.25) is 0 Å². The molecule has 20 heavy (non-hydrogen) atoms. The van der Waals surface area contributed by atoms with Gasteiger partial charge in [-0.1, -0.05) is 0 Å². The molecule has 8 nitrogen and oxygen atoms in total. The lowest BCUT2D eigenvalue weighted by Crippen LogP contribution is -2.57. The normalized spacial score (nSPS) is 16.6. The van der Waals surface area contributed by atoms with Gasteiger partial charge in [-0.15, -0.1) is 0 Å². The van der Waals surface area contributed by atoms with Gasteiger partial charge in [-0.05, 0) is 13.8 Å². The minimum Gasteiger partial charge on any atom is -0.464 e. The molecule has 0 aromatic carbocycles. The molecule has 0 radical (unpaired) electrons. The Balaban J connectivity index is 2.46. The first kappa shape index (κ1) is 16.2. The van der Waals surface area contributed by atoms with E-state index in [0.717, 1.165) is 0 Å². The van der Waals surface area contributed by atoms with Crippen LogP contribution in [-0.4, -0.2) is 73.1 Å². The Hall–Kier alpha value is -1.83. The summed E-state index contributed by atoms with van der Waals surface area (Å²) < 4.78 is 4.72. The molecule has 1 atom stereocenters. The molecule has 0 bridgehead atoms. The summed E-state index contributed by atoms with van der Waals surface area (Å²) >= 11 is 0. The third kappa shape index (κ3) is 4.09. The summed E-state index contributed by atoms with van der Waals surface area (Å²) in [5.41, 5.74) is 5.56. The topological polar surface area (TPSA) is 105 Å². The molecule has 0 spiro atoms. The van der Waals surface area contributed by atoms with Crippen molar-refractivity contribution in [3.8, 4) is 0 Å². The molecule has 0 aromatic heterocycles. The van der Waals surface area contributed by atoms with E-state index >= 15 is 0 Å². The van der Waals surface area contributed by atoms with E-state index in [1.54, 1.807) is 11.8 Å². The summed E-state index contributed by atoms with van der Waals surface area (Å²) in [6.07, 6.45) is 0. The van der Waals surface area contributed by atoms with Crippen LogP contribution in [0, 0.1) is 0 Å². The van der Waals surface area contributed by atoms with Crippen LogP contribution < -0.4 is 11.1 Å². The highest BCUT2D eigenvalue weighted by molar-refractivity contribution is 6.01. The molecule has 1 aliphatic rings. The largest absolute Gasteiger partial charge is 0.464 e. The first-order valence-corrected chi connectivity index (χ1v) is 6.75. The van der Waals surface area contributed by atoms with E-state index in [4.69, 9.17) is 10.5 Å². The summed E-state index contributed by atoms with van der Waals surface area (Å²) in [7, 11) is 0. The van der Waals surface area contributed by atoms with E-state index in [1.165, 1.54) is 4.90 Å². The van der Waals surface area contributed by atoms with Crippen molar-refractivity contribution in [3.05, 3.63) is 0 Å². The molecule has 0 aromatic rings. The number of nitrogens with zero attached hydrogens (tertiary/aromatic N) is 2. The minimum atomic E-state index is -1.29. The Morgan fingerprint density at radius 1 is 1.15 bits per heavy atom. The van der Waals surface area contributed by atoms with Gasteiger partial charge in [0.05, 0.1) is 6.61 Å². The Labute approximate surface area is 118 Å². The number of hydrogen-bond acceptors (Lipinski definition) is 5. The number of rotatable bonds is 4. The SMILES string of the molecule is CCNC(=O)N1CCN(C(=O)C(N)C(=O)OCC)CC1. The van der Waals surface area contributed by atoms with Crippen molar-refractivity contribution in [2.24, 2.45) is 5.73 Å². The van der Waals surface area contributed by atoms with E-state index in [0.29, 0.717) is 32.7 Å². The van der Waals surface area contributed by atoms with Crippen LogP contribution in [0.15, 0.2) is 0 Å². The van der Waals surface area contributed by atoms with Gasteiger partial charge >= 0.3 is 12.0 Å². The van der Waals surface area contributed by atoms with Crippen molar-refractivity contribution < 1.29 is 19.1 Å². The molecule has 1 saturated heterocycles. The number of amides is 3. The quantitative estimate of drug-likeness (QED) is 0.496. The second kappa shape index (κ2) is 7.68. The summed E-state index contributed by atoms with van der Waals surface area (Å²) in [4.78, 5) is 38.1. The van der Waals surface area contributed by atoms with Crippen LogP contribution in [0.1, 0.15) is 13.8 Å². The molecule has 1 aliphatic heterocycles.